The lowest BCUT2D eigenvalue weighted by Crippen LogP contribution is -2.17. The number of rotatable bonds is 6. The van der Waals surface area contributed by atoms with Crippen LogP contribution in [0.1, 0.15) is 49.9 Å². The van der Waals surface area contributed by atoms with Gasteiger partial charge < -0.3 is 13.9 Å². The predicted molar refractivity (Wildman–Crippen MR) is 289 cm³/mol. The molecule has 0 aliphatic heterocycles. The Kier molecular flexibility index (Phi) is 8.38. The maximum Gasteiger partial charge on any atom is 0.137 e. The highest BCUT2D eigenvalue weighted by Gasteiger charge is 2.40. The Hall–Kier alpha value is -8.40. The van der Waals surface area contributed by atoms with Gasteiger partial charge in [0.1, 0.15) is 11.2 Å². The molecular weight excluding hydrogens is 837 g/mol. The van der Waals surface area contributed by atoms with Crippen LogP contribution in [0.5, 0.6) is 0 Å². The van der Waals surface area contributed by atoms with E-state index in [1.54, 1.807) is 0 Å². The Morgan fingerprint density at radius 1 is 0.377 bits per heavy atom. The summed E-state index contributed by atoms with van der Waals surface area (Å²) in [7, 11) is 0. The number of nitrogens with zero attached hydrogens (tertiary/aromatic N) is 2. The van der Waals surface area contributed by atoms with E-state index >= 15 is 0 Å². The molecule has 0 amide bonds. The summed E-state index contributed by atoms with van der Waals surface area (Å²) >= 11 is 0. The molecule has 328 valence electrons. The van der Waals surface area contributed by atoms with E-state index in [4.69, 9.17) is 4.42 Å². The summed E-state index contributed by atoms with van der Waals surface area (Å²) in [5, 5.41) is 4.65. The van der Waals surface area contributed by atoms with Crippen molar-refractivity contribution in [2.24, 2.45) is 0 Å². The van der Waals surface area contributed by atoms with Gasteiger partial charge in [-0.05, 0) is 140 Å². The number of hydrogen-bond donors (Lipinski definition) is 0. The highest BCUT2D eigenvalue weighted by atomic mass is 16.3. The monoisotopic (exact) mass is 884 g/mol. The Morgan fingerprint density at radius 3 is 1.86 bits per heavy atom. The van der Waals surface area contributed by atoms with Gasteiger partial charge in [-0.2, -0.15) is 0 Å². The molecule has 2 aliphatic carbocycles. The van der Waals surface area contributed by atoms with Gasteiger partial charge in [-0.25, -0.2) is 0 Å². The number of anilines is 3. The standard InChI is InChI=1S/C66H48N2O/c1-65(2)54-34-29-42(41-17-7-5-8-18-41)38-51(54)63-55(65)24-15-26-59(63)68(46-32-33-48-47-21-11-13-23-53(47)66(3,4)56(48)40-46)60-27-16-28-62-64(60)52-39-44(31-36-61(52)69-62)43-30-35-58-50(37-43)49-22-12-14-25-57(49)67(58)45-19-9-6-10-20-45/h5-40H,1-4H3. The smallest absolute Gasteiger partial charge is 0.137 e. The van der Waals surface area contributed by atoms with Crippen molar-refractivity contribution in [2.45, 2.75) is 38.5 Å². The summed E-state index contributed by atoms with van der Waals surface area (Å²) < 4.78 is 9.23. The summed E-state index contributed by atoms with van der Waals surface area (Å²) in [5.74, 6) is 0. The number of para-hydroxylation sites is 2. The quantitative estimate of drug-likeness (QED) is 0.166. The third-order valence-corrected chi connectivity index (χ3v) is 15.6. The van der Waals surface area contributed by atoms with Crippen LogP contribution in [0.4, 0.5) is 17.1 Å². The molecule has 0 unspecified atom stereocenters. The van der Waals surface area contributed by atoms with E-state index in [2.05, 4.69) is 256 Å². The van der Waals surface area contributed by atoms with Crippen LogP contribution < -0.4 is 4.90 Å². The normalized spacial score (nSPS) is 14.0. The molecule has 14 rings (SSSR count). The average molecular weight is 885 g/mol. The molecule has 3 nitrogen and oxygen atoms in total. The predicted octanol–water partition coefficient (Wildman–Crippen LogP) is 18.1. The maximum absolute atomic E-state index is 6.85. The van der Waals surface area contributed by atoms with Crippen LogP contribution in [0.2, 0.25) is 0 Å². The van der Waals surface area contributed by atoms with Crippen molar-refractivity contribution in [1.29, 1.82) is 0 Å². The van der Waals surface area contributed by atoms with Gasteiger partial charge in [-0.1, -0.05) is 167 Å². The first-order chi connectivity index (χ1) is 33.7. The summed E-state index contributed by atoms with van der Waals surface area (Å²) in [5.41, 5.74) is 23.5. The van der Waals surface area contributed by atoms with Gasteiger partial charge in [-0.3, -0.25) is 0 Å². The Labute approximate surface area is 402 Å². The van der Waals surface area contributed by atoms with Crippen molar-refractivity contribution < 1.29 is 4.42 Å². The van der Waals surface area contributed by atoms with Gasteiger partial charge in [-0.15, -0.1) is 0 Å². The topological polar surface area (TPSA) is 21.3 Å². The molecule has 2 heterocycles. The molecule has 0 N–H and O–H groups in total. The van der Waals surface area contributed by atoms with E-state index in [0.29, 0.717) is 0 Å². The molecule has 10 aromatic carbocycles. The van der Waals surface area contributed by atoms with Crippen LogP contribution in [0, 0.1) is 0 Å². The van der Waals surface area contributed by atoms with E-state index in [1.807, 2.05) is 0 Å². The van der Waals surface area contributed by atoms with Crippen molar-refractivity contribution in [3.63, 3.8) is 0 Å². The lowest BCUT2D eigenvalue weighted by Gasteiger charge is -2.31. The van der Waals surface area contributed by atoms with Crippen LogP contribution in [0.3, 0.4) is 0 Å². The van der Waals surface area contributed by atoms with E-state index in [9.17, 15) is 0 Å². The van der Waals surface area contributed by atoms with Crippen LogP contribution >= 0.6 is 0 Å². The molecule has 0 saturated heterocycles. The molecule has 2 aromatic heterocycles. The van der Waals surface area contributed by atoms with E-state index in [-0.39, 0.29) is 10.8 Å². The lowest BCUT2D eigenvalue weighted by atomic mass is 9.82. The molecule has 0 spiro atoms. The second kappa shape index (κ2) is 14.6. The fourth-order valence-electron chi connectivity index (χ4n) is 12.2. The van der Waals surface area contributed by atoms with Crippen LogP contribution in [0.15, 0.2) is 223 Å². The number of fused-ring (bicyclic) bond motifs is 12. The zero-order chi connectivity index (χ0) is 46.2. The van der Waals surface area contributed by atoms with Crippen LogP contribution in [-0.4, -0.2) is 4.57 Å². The molecule has 0 bridgehead atoms. The van der Waals surface area contributed by atoms with E-state index in [0.717, 1.165) is 50.3 Å². The third-order valence-electron chi connectivity index (χ3n) is 15.6. The van der Waals surface area contributed by atoms with E-state index in [1.165, 1.54) is 83.0 Å². The first-order valence-electron chi connectivity index (χ1n) is 24.2. The summed E-state index contributed by atoms with van der Waals surface area (Å²) in [6.45, 7) is 9.51. The largest absolute Gasteiger partial charge is 0.456 e. The van der Waals surface area contributed by atoms with E-state index < -0.39 is 0 Å². The molecule has 12 aromatic rings. The fraction of sp³-hybridized carbons (Fsp3) is 0.0909. The van der Waals surface area contributed by atoms with Gasteiger partial charge in [0.05, 0.1) is 27.8 Å². The Morgan fingerprint density at radius 2 is 1.00 bits per heavy atom. The van der Waals surface area contributed by atoms with Crippen molar-refractivity contribution in [1.82, 2.24) is 4.57 Å². The average Bonchev–Trinajstić information content (AvgIpc) is 4.07. The third kappa shape index (κ3) is 5.74. The summed E-state index contributed by atoms with van der Waals surface area (Å²) in [6.07, 6.45) is 0. The second-order valence-electron chi connectivity index (χ2n) is 20.1. The molecule has 0 radical (unpaired) electrons. The Bertz CT molecular complexity index is 4070. The molecule has 0 fully saturated rings. The van der Waals surface area contributed by atoms with Crippen molar-refractivity contribution in [3.05, 3.63) is 241 Å². The van der Waals surface area contributed by atoms with Crippen molar-refractivity contribution >= 4 is 60.8 Å². The number of furan rings is 1. The van der Waals surface area contributed by atoms with Crippen molar-refractivity contribution in [3.8, 4) is 50.2 Å². The van der Waals surface area contributed by atoms with Crippen molar-refractivity contribution in [2.75, 3.05) is 4.90 Å². The van der Waals surface area contributed by atoms with Crippen LogP contribution in [-0.2, 0) is 10.8 Å². The van der Waals surface area contributed by atoms with Crippen LogP contribution in [0.25, 0.3) is 93.9 Å². The summed E-state index contributed by atoms with van der Waals surface area (Å²) in [6, 6.07) is 80.6. The molecule has 2 aliphatic rings. The molecule has 69 heavy (non-hydrogen) atoms. The molecule has 3 heteroatoms. The SMILES string of the molecule is CC1(C)c2ccccc2-c2ccc(N(c3cccc4c3-c3cc(-c5ccccc5)ccc3C4(C)C)c3cccc4oc5ccc(-c6ccc7c(c6)c6ccccc6n7-c6ccccc6)cc5c34)cc21. The van der Waals surface area contributed by atoms with Gasteiger partial charge in [0.2, 0.25) is 0 Å². The number of aromatic nitrogens is 1. The summed E-state index contributed by atoms with van der Waals surface area (Å²) in [4.78, 5) is 2.53. The first-order valence-corrected chi connectivity index (χ1v) is 24.2. The highest BCUT2D eigenvalue weighted by molar-refractivity contribution is 6.16. The lowest BCUT2D eigenvalue weighted by molar-refractivity contribution is 0.660. The molecule has 0 saturated carbocycles. The maximum atomic E-state index is 6.85. The number of benzene rings is 10. The Balaban J connectivity index is 1.00. The molecular formula is C66H48N2O. The van der Waals surface area contributed by atoms with Gasteiger partial charge >= 0.3 is 0 Å². The minimum Gasteiger partial charge on any atom is -0.456 e. The highest BCUT2D eigenvalue weighted by Crippen LogP contribution is 2.57. The number of hydrogen-bond acceptors (Lipinski definition) is 2. The zero-order valence-electron chi connectivity index (χ0n) is 39.1. The fourth-order valence-corrected chi connectivity index (χ4v) is 12.2. The van der Waals surface area contributed by atoms with Gasteiger partial charge in [0.15, 0.2) is 0 Å². The second-order valence-corrected chi connectivity index (χ2v) is 20.1. The first kappa shape index (κ1) is 39.7. The van der Waals surface area contributed by atoms with Gasteiger partial charge in [0.25, 0.3) is 0 Å². The minimum absolute atomic E-state index is 0.177. The minimum atomic E-state index is -0.207. The molecule has 0 atom stereocenters. The zero-order valence-corrected chi connectivity index (χ0v) is 39.1. The van der Waals surface area contributed by atoms with Gasteiger partial charge in [0, 0.05) is 43.9 Å².